The number of carbonyl (C=O) groups is 1. The highest BCUT2D eigenvalue weighted by Crippen LogP contribution is 2.33. The van der Waals surface area contributed by atoms with Gasteiger partial charge in [0.05, 0.1) is 12.2 Å². The van der Waals surface area contributed by atoms with Crippen molar-refractivity contribution >= 4 is 32.5 Å². The van der Waals surface area contributed by atoms with Crippen LogP contribution in [0, 0.1) is 13.8 Å². The van der Waals surface area contributed by atoms with Crippen molar-refractivity contribution in [1.82, 2.24) is 4.31 Å². The van der Waals surface area contributed by atoms with Gasteiger partial charge in [-0.1, -0.05) is 0 Å². The van der Waals surface area contributed by atoms with E-state index < -0.39 is 16.2 Å². The molecule has 0 amide bonds. The minimum Gasteiger partial charge on any atom is -0.462 e. The van der Waals surface area contributed by atoms with E-state index in [2.05, 4.69) is 4.72 Å². The Labute approximate surface area is 117 Å². The molecule has 8 heteroatoms. The molecule has 19 heavy (non-hydrogen) atoms. The van der Waals surface area contributed by atoms with Crippen LogP contribution in [0.5, 0.6) is 0 Å². The summed E-state index contributed by atoms with van der Waals surface area (Å²) in [6.07, 6.45) is 0. The maximum absolute atomic E-state index is 11.9. The molecule has 0 aliphatic heterocycles. The zero-order valence-electron chi connectivity index (χ0n) is 11.6. The summed E-state index contributed by atoms with van der Waals surface area (Å²) in [5.41, 5.74) is 1.02. The molecule has 1 aromatic rings. The first kappa shape index (κ1) is 15.9. The molecule has 1 N–H and O–H groups in total. The van der Waals surface area contributed by atoms with Gasteiger partial charge in [0, 0.05) is 19.0 Å². The molecule has 0 radical (unpaired) electrons. The van der Waals surface area contributed by atoms with Gasteiger partial charge in [0.1, 0.15) is 5.00 Å². The summed E-state index contributed by atoms with van der Waals surface area (Å²) < 4.78 is 32.1. The van der Waals surface area contributed by atoms with E-state index in [1.807, 2.05) is 6.92 Å². The number of nitrogens with one attached hydrogen (secondary N) is 1. The summed E-state index contributed by atoms with van der Waals surface area (Å²) >= 11 is 1.22. The van der Waals surface area contributed by atoms with Gasteiger partial charge in [-0.2, -0.15) is 12.7 Å². The third-order valence-electron chi connectivity index (χ3n) is 2.57. The summed E-state index contributed by atoms with van der Waals surface area (Å²) in [6.45, 7) is 5.55. The standard InChI is InChI=1S/C11H18N2O4S2/c1-6-17-11(14)9-7(2)8(3)18-10(9)12-19(15,16)13(4)5/h12H,6H2,1-5H3. The largest absolute Gasteiger partial charge is 0.462 e. The van der Waals surface area contributed by atoms with Crippen molar-refractivity contribution in [1.29, 1.82) is 0 Å². The lowest BCUT2D eigenvalue weighted by molar-refractivity contribution is 0.0527. The van der Waals surface area contributed by atoms with Gasteiger partial charge < -0.3 is 4.74 Å². The first-order valence-electron chi connectivity index (χ1n) is 5.68. The van der Waals surface area contributed by atoms with E-state index in [1.165, 1.54) is 25.4 Å². The average molecular weight is 306 g/mol. The maximum Gasteiger partial charge on any atom is 0.341 e. The second kappa shape index (κ2) is 5.89. The van der Waals surface area contributed by atoms with Crippen LogP contribution >= 0.6 is 11.3 Å². The lowest BCUT2D eigenvalue weighted by Crippen LogP contribution is -2.29. The Kier molecular flexibility index (Phi) is 4.94. The number of anilines is 1. The molecule has 1 aromatic heterocycles. The zero-order valence-corrected chi connectivity index (χ0v) is 13.2. The smallest absolute Gasteiger partial charge is 0.341 e. The summed E-state index contributed by atoms with van der Waals surface area (Å²) in [5, 5.41) is 0.294. The van der Waals surface area contributed by atoms with Crippen LogP contribution in [0.4, 0.5) is 5.00 Å². The van der Waals surface area contributed by atoms with Gasteiger partial charge >= 0.3 is 16.2 Å². The van der Waals surface area contributed by atoms with Crippen molar-refractivity contribution in [3.8, 4) is 0 Å². The van der Waals surface area contributed by atoms with Crippen molar-refractivity contribution < 1.29 is 17.9 Å². The Morgan fingerprint density at radius 2 is 1.95 bits per heavy atom. The fourth-order valence-corrected chi connectivity index (χ4v) is 3.26. The molecule has 1 heterocycles. The van der Waals surface area contributed by atoms with E-state index in [-0.39, 0.29) is 12.2 Å². The number of esters is 1. The molecule has 0 bridgehead atoms. The molecule has 0 aliphatic rings. The maximum atomic E-state index is 11.9. The van der Waals surface area contributed by atoms with E-state index in [9.17, 15) is 13.2 Å². The zero-order chi connectivity index (χ0) is 14.8. The average Bonchev–Trinajstić information content (AvgIpc) is 2.53. The number of nitrogens with zero attached hydrogens (tertiary/aromatic N) is 1. The van der Waals surface area contributed by atoms with Gasteiger partial charge in [-0.3, -0.25) is 4.72 Å². The summed E-state index contributed by atoms with van der Waals surface area (Å²) in [4.78, 5) is 12.8. The number of hydrogen-bond acceptors (Lipinski definition) is 5. The Balaban J connectivity index is 3.22. The van der Waals surface area contributed by atoms with Crippen LogP contribution in [-0.4, -0.2) is 39.4 Å². The van der Waals surface area contributed by atoms with Crippen molar-refractivity contribution in [2.75, 3.05) is 25.4 Å². The van der Waals surface area contributed by atoms with Gasteiger partial charge in [-0.25, -0.2) is 4.79 Å². The van der Waals surface area contributed by atoms with Crippen molar-refractivity contribution in [3.63, 3.8) is 0 Å². The molecule has 0 saturated heterocycles. The molecule has 108 valence electrons. The first-order valence-corrected chi connectivity index (χ1v) is 7.93. The van der Waals surface area contributed by atoms with Crippen LogP contribution in [0.3, 0.4) is 0 Å². The molecular weight excluding hydrogens is 288 g/mol. The van der Waals surface area contributed by atoms with E-state index in [4.69, 9.17) is 4.74 Å². The van der Waals surface area contributed by atoms with Crippen LogP contribution in [0.15, 0.2) is 0 Å². The van der Waals surface area contributed by atoms with Crippen molar-refractivity contribution in [2.24, 2.45) is 0 Å². The second-order valence-corrected chi connectivity index (χ2v) is 7.21. The quantitative estimate of drug-likeness (QED) is 0.841. The SMILES string of the molecule is CCOC(=O)c1c(NS(=O)(=O)N(C)C)sc(C)c1C. The molecule has 0 saturated carbocycles. The van der Waals surface area contributed by atoms with Crippen LogP contribution in [0.1, 0.15) is 27.7 Å². The fraction of sp³-hybridized carbons (Fsp3) is 0.545. The Morgan fingerprint density at radius 1 is 1.37 bits per heavy atom. The number of rotatable bonds is 5. The Bertz CT molecular complexity index is 576. The number of aryl methyl sites for hydroxylation is 1. The van der Waals surface area contributed by atoms with E-state index in [0.717, 1.165) is 14.7 Å². The van der Waals surface area contributed by atoms with E-state index in [1.54, 1.807) is 13.8 Å². The normalized spacial score (nSPS) is 11.7. The highest BCUT2D eigenvalue weighted by molar-refractivity contribution is 7.90. The van der Waals surface area contributed by atoms with Crippen LogP contribution in [0.25, 0.3) is 0 Å². The van der Waals surface area contributed by atoms with Gasteiger partial charge in [0.25, 0.3) is 0 Å². The summed E-state index contributed by atoms with van der Waals surface area (Å²) in [5.74, 6) is -0.513. The fourth-order valence-electron chi connectivity index (χ4n) is 1.36. The third kappa shape index (κ3) is 3.46. The molecule has 1 rings (SSSR count). The van der Waals surface area contributed by atoms with Crippen LogP contribution in [0.2, 0.25) is 0 Å². The molecule has 6 nitrogen and oxygen atoms in total. The van der Waals surface area contributed by atoms with Gasteiger partial charge in [0.15, 0.2) is 0 Å². The molecule has 0 spiro atoms. The van der Waals surface area contributed by atoms with Crippen molar-refractivity contribution in [3.05, 3.63) is 16.0 Å². The van der Waals surface area contributed by atoms with Gasteiger partial charge in [0.2, 0.25) is 0 Å². The number of carbonyl (C=O) groups excluding carboxylic acids is 1. The predicted molar refractivity (Wildman–Crippen MR) is 76.0 cm³/mol. The molecular formula is C11H18N2O4S2. The van der Waals surface area contributed by atoms with Crippen molar-refractivity contribution in [2.45, 2.75) is 20.8 Å². The summed E-state index contributed by atoms with van der Waals surface area (Å²) in [6, 6.07) is 0. The topological polar surface area (TPSA) is 75.7 Å². The number of ether oxygens (including phenoxy) is 1. The molecule has 0 fully saturated rings. The molecule has 0 unspecified atom stereocenters. The third-order valence-corrected chi connectivity index (χ3v) is 5.24. The summed E-state index contributed by atoms with van der Waals surface area (Å²) in [7, 11) is -0.807. The number of hydrogen-bond donors (Lipinski definition) is 1. The van der Waals surface area contributed by atoms with Crippen LogP contribution < -0.4 is 4.72 Å². The van der Waals surface area contributed by atoms with Crippen LogP contribution in [-0.2, 0) is 14.9 Å². The monoisotopic (exact) mass is 306 g/mol. The molecule has 0 aliphatic carbocycles. The van der Waals surface area contributed by atoms with E-state index in [0.29, 0.717) is 5.00 Å². The first-order chi connectivity index (χ1) is 8.70. The minimum atomic E-state index is -3.64. The van der Waals surface area contributed by atoms with E-state index >= 15 is 0 Å². The molecule has 0 atom stereocenters. The minimum absolute atomic E-state index is 0.243. The lowest BCUT2D eigenvalue weighted by Gasteiger charge is -2.13. The number of thiophene rings is 1. The lowest BCUT2D eigenvalue weighted by atomic mass is 10.2. The van der Waals surface area contributed by atoms with Gasteiger partial charge in [-0.05, 0) is 26.3 Å². The Morgan fingerprint density at radius 3 is 2.42 bits per heavy atom. The highest BCUT2D eigenvalue weighted by Gasteiger charge is 2.24. The Hall–Kier alpha value is -1.12. The highest BCUT2D eigenvalue weighted by atomic mass is 32.2. The second-order valence-electron chi connectivity index (χ2n) is 4.10. The predicted octanol–water partition coefficient (Wildman–Crippen LogP) is 1.76. The molecule has 0 aromatic carbocycles. The van der Waals surface area contributed by atoms with Gasteiger partial charge in [-0.15, -0.1) is 11.3 Å².